The van der Waals surface area contributed by atoms with Gasteiger partial charge >= 0.3 is 0 Å². The van der Waals surface area contributed by atoms with E-state index in [-0.39, 0.29) is 18.1 Å². The van der Waals surface area contributed by atoms with Crippen LogP contribution in [-0.4, -0.2) is 28.5 Å². The summed E-state index contributed by atoms with van der Waals surface area (Å²) >= 11 is 1.20. The third-order valence-corrected chi connectivity index (χ3v) is 4.84. The van der Waals surface area contributed by atoms with Crippen LogP contribution in [0.1, 0.15) is 10.5 Å². The number of carbonyl (C=O) groups excluding carboxylic acids is 2. The molecule has 2 N–H and O–H groups in total. The van der Waals surface area contributed by atoms with Gasteiger partial charge in [-0.25, -0.2) is 9.37 Å². The number of anilines is 1. The lowest BCUT2D eigenvalue weighted by atomic mass is 10.1. The van der Waals surface area contributed by atoms with E-state index in [4.69, 9.17) is 4.52 Å². The van der Waals surface area contributed by atoms with Gasteiger partial charge in [0.25, 0.3) is 5.91 Å². The molecular weight excluding hydrogens is 407 g/mol. The van der Waals surface area contributed by atoms with Gasteiger partial charge in [-0.3, -0.25) is 9.59 Å². The van der Waals surface area contributed by atoms with E-state index in [1.54, 1.807) is 17.5 Å². The second-order valence-electron chi connectivity index (χ2n) is 6.22. The van der Waals surface area contributed by atoms with Crippen LogP contribution in [0.4, 0.5) is 9.52 Å². The highest BCUT2D eigenvalue weighted by Crippen LogP contribution is 2.25. The molecule has 0 fully saturated rings. The predicted molar refractivity (Wildman–Crippen MR) is 110 cm³/mol. The van der Waals surface area contributed by atoms with Gasteiger partial charge in [0.15, 0.2) is 16.6 Å². The zero-order chi connectivity index (χ0) is 20.9. The fourth-order valence-corrected chi connectivity index (χ4v) is 3.38. The van der Waals surface area contributed by atoms with E-state index in [2.05, 4.69) is 20.8 Å². The van der Waals surface area contributed by atoms with Crippen LogP contribution in [0.3, 0.4) is 0 Å². The highest BCUT2D eigenvalue weighted by molar-refractivity contribution is 7.14. The maximum atomic E-state index is 13.3. The SMILES string of the molecule is O=C(CNC(=O)c1cc(-c2ccccc2)on1)Nc1nc(-c2cccc(F)c2)cs1. The number of aromatic nitrogens is 2. The van der Waals surface area contributed by atoms with E-state index >= 15 is 0 Å². The summed E-state index contributed by atoms with van der Waals surface area (Å²) in [6.45, 7) is -0.263. The van der Waals surface area contributed by atoms with Crippen molar-refractivity contribution >= 4 is 28.3 Å². The summed E-state index contributed by atoms with van der Waals surface area (Å²) in [5.41, 5.74) is 2.03. The largest absolute Gasteiger partial charge is 0.355 e. The molecule has 0 unspecified atom stereocenters. The van der Waals surface area contributed by atoms with E-state index in [0.717, 1.165) is 5.56 Å². The summed E-state index contributed by atoms with van der Waals surface area (Å²) in [6.07, 6.45) is 0. The molecule has 2 amide bonds. The summed E-state index contributed by atoms with van der Waals surface area (Å²) < 4.78 is 18.5. The number of halogens is 1. The van der Waals surface area contributed by atoms with Gasteiger partial charge in [-0.1, -0.05) is 47.6 Å². The summed E-state index contributed by atoms with van der Waals surface area (Å²) in [5.74, 6) is -0.888. The van der Waals surface area contributed by atoms with Crippen molar-refractivity contribution in [2.24, 2.45) is 0 Å². The fraction of sp³-hybridized carbons (Fsp3) is 0.0476. The molecule has 0 saturated heterocycles. The number of thiazole rings is 1. The minimum Gasteiger partial charge on any atom is -0.355 e. The first kappa shape index (κ1) is 19.5. The minimum atomic E-state index is -0.532. The average molecular weight is 422 g/mol. The molecule has 4 rings (SSSR count). The number of hydrogen-bond donors (Lipinski definition) is 2. The smallest absolute Gasteiger partial charge is 0.273 e. The molecule has 4 aromatic rings. The lowest BCUT2D eigenvalue weighted by molar-refractivity contribution is -0.115. The molecule has 0 atom stereocenters. The normalized spacial score (nSPS) is 10.6. The first-order chi connectivity index (χ1) is 14.6. The van der Waals surface area contributed by atoms with Gasteiger partial charge < -0.3 is 15.2 Å². The lowest BCUT2D eigenvalue weighted by Gasteiger charge is -2.03. The molecule has 0 aliphatic rings. The van der Waals surface area contributed by atoms with Crippen molar-refractivity contribution in [3.63, 3.8) is 0 Å². The van der Waals surface area contributed by atoms with Gasteiger partial charge in [-0.05, 0) is 12.1 Å². The molecule has 0 radical (unpaired) electrons. The molecule has 2 heterocycles. The van der Waals surface area contributed by atoms with Crippen molar-refractivity contribution in [1.29, 1.82) is 0 Å². The van der Waals surface area contributed by atoms with Crippen molar-refractivity contribution in [3.05, 3.63) is 77.6 Å². The van der Waals surface area contributed by atoms with Gasteiger partial charge in [0, 0.05) is 22.6 Å². The fourth-order valence-electron chi connectivity index (χ4n) is 2.65. The van der Waals surface area contributed by atoms with Crippen LogP contribution in [0, 0.1) is 5.82 Å². The highest BCUT2D eigenvalue weighted by atomic mass is 32.1. The van der Waals surface area contributed by atoms with Crippen LogP contribution in [0.15, 0.2) is 70.6 Å². The van der Waals surface area contributed by atoms with Gasteiger partial charge in [0.2, 0.25) is 5.91 Å². The first-order valence-electron chi connectivity index (χ1n) is 8.90. The van der Waals surface area contributed by atoms with Crippen LogP contribution in [0.25, 0.3) is 22.6 Å². The monoisotopic (exact) mass is 422 g/mol. The predicted octanol–water partition coefficient (Wildman–Crippen LogP) is 3.97. The molecule has 2 aromatic heterocycles. The Kier molecular flexibility index (Phi) is 5.62. The van der Waals surface area contributed by atoms with Crippen molar-refractivity contribution in [2.75, 3.05) is 11.9 Å². The molecule has 7 nitrogen and oxygen atoms in total. The van der Waals surface area contributed by atoms with Crippen LogP contribution >= 0.6 is 11.3 Å². The van der Waals surface area contributed by atoms with Crippen molar-refractivity contribution in [3.8, 4) is 22.6 Å². The number of nitrogens with one attached hydrogen (secondary N) is 2. The maximum absolute atomic E-state index is 13.3. The molecule has 0 spiro atoms. The van der Waals surface area contributed by atoms with Crippen molar-refractivity contribution in [1.82, 2.24) is 15.5 Å². The van der Waals surface area contributed by atoms with Gasteiger partial charge in [0.05, 0.1) is 12.2 Å². The number of amides is 2. The van der Waals surface area contributed by atoms with E-state index < -0.39 is 11.8 Å². The van der Waals surface area contributed by atoms with Gasteiger partial charge in [-0.2, -0.15) is 0 Å². The summed E-state index contributed by atoms with van der Waals surface area (Å²) in [4.78, 5) is 28.6. The van der Waals surface area contributed by atoms with E-state index in [9.17, 15) is 14.0 Å². The molecule has 30 heavy (non-hydrogen) atoms. The molecule has 0 aliphatic carbocycles. The molecular formula is C21H15FN4O3S. The van der Waals surface area contributed by atoms with E-state index in [1.165, 1.54) is 29.5 Å². The Morgan fingerprint density at radius 1 is 1.03 bits per heavy atom. The lowest BCUT2D eigenvalue weighted by Crippen LogP contribution is -2.33. The van der Waals surface area contributed by atoms with Crippen molar-refractivity contribution in [2.45, 2.75) is 0 Å². The second-order valence-corrected chi connectivity index (χ2v) is 7.08. The van der Waals surface area contributed by atoms with Gasteiger partial charge in [-0.15, -0.1) is 11.3 Å². The zero-order valence-corrected chi connectivity index (χ0v) is 16.3. The third kappa shape index (κ3) is 4.58. The third-order valence-electron chi connectivity index (χ3n) is 4.08. The quantitative estimate of drug-likeness (QED) is 0.490. The van der Waals surface area contributed by atoms with E-state index in [0.29, 0.717) is 22.1 Å². The second kappa shape index (κ2) is 8.66. The van der Waals surface area contributed by atoms with E-state index in [1.807, 2.05) is 30.3 Å². The summed E-state index contributed by atoms with van der Waals surface area (Å²) in [6, 6.07) is 16.8. The minimum absolute atomic E-state index is 0.0734. The molecule has 2 aromatic carbocycles. The van der Waals surface area contributed by atoms with Gasteiger partial charge in [0.1, 0.15) is 5.82 Å². The molecule has 0 aliphatic heterocycles. The summed E-state index contributed by atoms with van der Waals surface area (Å²) in [5, 5.41) is 10.9. The van der Waals surface area contributed by atoms with Crippen LogP contribution in [-0.2, 0) is 4.79 Å². The Hall–Kier alpha value is -3.85. The average Bonchev–Trinajstić information content (AvgIpc) is 3.43. The molecule has 0 saturated carbocycles. The van der Waals surface area contributed by atoms with Crippen LogP contribution in [0.2, 0.25) is 0 Å². The number of benzene rings is 2. The Labute approximate surface area is 174 Å². The molecule has 9 heteroatoms. The number of rotatable bonds is 6. The Morgan fingerprint density at radius 2 is 1.83 bits per heavy atom. The topological polar surface area (TPSA) is 97.1 Å². The number of nitrogens with zero attached hydrogens (tertiary/aromatic N) is 2. The molecule has 150 valence electrons. The zero-order valence-electron chi connectivity index (χ0n) is 15.5. The van der Waals surface area contributed by atoms with Crippen LogP contribution in [0.5, 0.6) is 0 Å². The van der Waals surface area contributed by atoms with Crippen LogP contribution < -0.4 is 10.6 Å². The maximum Gasteiger partial charge on any atom is 0.273 e. The Morgan fingerprint density at radius 3 is 2.63 bits per heavy atom. The summed E-state index contributed by atoms with van der Waals surface area (Å²) in [7, 11) is 0. The highest BCUT2D eigenvalue weighted by Gasteiger charge is 2.15. The number of carbonyl (C=O) groups is 2. The Bertz CT molecular complexity index is 1190. The standard InChI is InChI=1S/C21H15FN4O3S/c22-15-8-4-7-14(9-15)17-12-30-21(24-17)25-19(27)11-23-20(28)16-10-18(29-26-16)13-5-2-1-3-6-13/h1-10,12H,11H2,(H,23,28)(H,24,25,27). The molecule has 0 bridgehead atoms. The van der Waals surface area contributed by atoms with Crippen molar-refractivity contribution < 1.29 is 18.5 Å². The number of hydrogen-bond acceptors (Lipinski definition) is 6. The first-order valence-corrected chi connectivity index (χ1v) is 9.78. The Balaban J connectivity index is 1.32.